The average molecular weight is 579 g/mol. The molecule has 0 aliphatic carbocycles. The first-order valence-corrected chi connectivity index (χ1v) is 15.0. The van der Waals surface area contributed by atoms with E-state index in [0.717, 1.165) is 40.7 Å². The SMILES string of the molecule is COCCCNS(=O)(=O)c1sc(N2CCCN(c3ccc(-c4cc(F)cc5nsnc45)cc3)C2O)nc1C. The number of hydrogen-bond acceptors (Lipinski definition) is 11. The molecule has 0 radical (unpaired) electrons. The van der Waals surface area contributed by atoms with Crippen LogP contribution in [0.3, 0.4) is 0 Å². The molecular weight excluding hydrogens is 552 g/mol. The quantitative estimate of drug-likeness (QED) is 0.287. The molecule has 3 heterocycles. The second-order valence-corrected chi connectivity index (χ2v) is 12.3. The predicted molar refractivity (Wildman–Crippen MR) is 147 cm³/mol. The predicted octanol–water partition coefficient (Wildman–Crippen LogP) is 3.57. The van der Waals surface area contributed by atoms with Crippen LogP contribution in [0.4, 0.5) is 15.2 Å². The van der Waals surface area contributed by atoms with Gasteiger partial charge in [0.15, 0.2) is 9.34 Å². The van der Waals surface area contributed by atoms with Crippen LogP contribution in [0.1, 0.15) is 18.5 Å². The molecule has 38 heavy (non-hydrogen) atoms. The fourth-order valence-corrected chi connectivity index (χ4v) is 7.61. The van der Waals surface area contributed by atoms with Gasteiger partial charge in [-0.15, -0.1) is 0 Å². The number of sulfonamides is 1. The number of thiazole rings is 1. The second-order valence-electron chi connectivity index (χ2n) is 8.83. The number of aliphatic hydroxyl groups is 1. The number of ether oxygens (including phenoxy) is 1. The van der Waals surface area contributed by atoms with E-state index >= 15 is 0 Å². The topological polar surface area (TPSA) is 121 Å². The van der Waals surface area contributed by atoms with E-state index in [2.05, 4.69) is 18.5 Å². The Balaban J connectivity index is 1.35. The van der Waals surface area contributed by atoms with E-state index in [1.54, 1.807) is 18.9 Å². The van der Waals surface area contributed by atoms with Crippen LogP contribution in [0.2, 0.25) is 0 Å². The van der Waals surface area contributed by atoms with Crippen molar-refractivity contribution >= 4 is 54.9 Å². The first kappa shape index (κ1) is 26.8. The second kappa shape index (κ2) is 11.2. The third-order valence-corrected chi connectivity index (χ3v) is 10.0. The highest BCUT2D eigenvalue weighted by Gasteiger charge is 2.32. The Labute approximate surface area is 228 Å². The lowest BCUT2D eigenvalue weighted by Gasteiger charge is -2.41. The number of nitrogens with zero attached hydrogens (tertiary/aromatic N) is 5. The number of halogens is 1. The molecule has 4 aromatic rings. The lowest BCUT2D eigenvalue weighted by atomic mass is 10.0. The van der Waals surface area contributed by atoms with Crippen LogP contribution in [0.25, 0.3) is 22.2 Å². The number of aliphatic hydroxyl groups excluding tert-OH is 1. The molecule has 0 saturated carbocycles. The monoisotopic (exact) mass is 578 g/mol. The maximum atomic E-state index is 14.1. The molecule has 10 nitrogen and oxygen atoms in total. The van der Waals surface area contributed by atoms with Crippen molar-refractivity contribution in [3.8, 4) is 11.1 Å². The van der Waals surface area contributed by atoms with Gasteiger partial charge in [-0.2, -0.15) is 8.75 Å². The van der Waals surface area contributed by atoms with E-state index in [-0.39, 0.29) is 16.6 Å². The van der Waals surface area contributed by atoms with E-state index in [4.69, 9.17) is 4.74 Å². The zero-order chi connectivity index (χ0) is 26.9. The maximum Gasteiger partial charge on any atom is 0.252 e. The highest BCUT2D eigenvalue weighted by Crippen LogP contribution is 2.35. The van der Waals surface area contributed by atoms with Gasteiger partial charge in [-0.25, -0.2) is 22.5 Å². The summed E-state index contributed by atoms with van der Waals surface area (Å²) in [4.78, 5) is 8.01. The fourth-order valence-electron chi connectivity index (χ4n) is 4.41. The largest absolute Gasteiger partial charge is 0.385 e. The Morgan fingerprint density at radius 2 is 1.95 bits per heavy atom. The molecule has 14 heteroatoms. The molecule has 5 rings (SSSR count). The van der Waals surface area contributed by atoms with Crippen LogP contribution in [0.5, 0.6) is 0 Å². The smallest absolute Gasteiger partial charge is 0.252 e. The summed E-state index contributed by atoms with van der Waals surface area (Å²) in [5.41, 5.74) is 3.77. The molecule has 1 unspecified atom stereocenters. The average Bonchev–Trinajstić information content (AvgIpc) is 3.53. The van der Waals surface area contributed by atoms with E-state index in [0.29, 0.717) is 53.5 Å². The number of aromatic nitrogens is 3. The summed E-state index contributed by atoms with van der Waals surface area (Å²) < 4.78 is 55.9. The van der Waals surface area contributed by atoms with E-state index in [1.165, 1.54) is 12.1 Å². The van der Waals surface area contributed by atoms with E-state index in [1.807, 2.05) is 29.2 Å². The number of methoxy groups -OCH3 is 1. The molecule has 1 saturated heterocycles. The van der Waals surface area contributed by atoms with Crippen molar-refractivity contribution < 1.29 is 22.7 Å². The van der Waals surface area contributed by atoms with Crippen molar-refractivity contribution in [3.63, 3.8) is 0 Å². The Kier molecular flexibility index (Phi) is 7.88. The molecule has 2 N–H and O–H groups in total. The molecular formula is C24H27FN6O4S3. The van der Waals surface area contributed by atoms with Crippen molar-refractivity contribution in [1.29, 1.82) is 0 Å². The Hall–Kier alpha value is -2.75. The maximum absolute atomic E-state index is 14.1. The fraction of sp³-hybridized carbons (Fsp3) is 0.375. The molecule has 1 aliphatic heterocycles. The highest BCUT2D eigenvalue weighted by molar-refractivity contribution is 7.91. The minimum Gasteiger partial charge on any atom is -0.385 e. The van der Waals surface area contributed by atoms with Gasteiger partial charge in [-0.05, 0) is 43.5 Å². The summed E-state index contributed by atoms with van der Waals surface area (Å²) in [6.07, 6.45) is 0.266. The van der Waals surface area contributed by atoms with Gasteiger partial charge in [0, 0.05) is 50.7 Å². The van der Waals surface area contributed by atoms with Crippen LogP contribution in [-0.2, 0) is 14.8 Å². The van der Waals surface area contributed by atoms with Crippen molar-refractivity contribution in [3.05, 3.63) is 47.9 Å². The van der Waals surface area contributed by atoms with Crippen LogP contribution in [-0.4, -0.2) is 67.0 Å². The molecule has 0 bridgehead atoms. The third kappa shape index (κ3) is 5.37. The summed E-state index contributed by atoms with van der Waals surface area (Å²) in [7, 11) is -2.16. The van der Waals surface area contributed by atoms with Gasteiger partial charge in [-0.1, -0.05) is 23.5 Å². The van der Waals surface area contributed by atoms with Gasteiger partial charge >= 0.3 is 0 Å². The van der Waals surface area contributed by atoms with Crippen LogP contribution in [0.15, 0.2) is 40.6 Å². The van der Waals surface area contributed by atoms with Gasteiger partial charge in [0.2, 0.25) is 6.35 Å². The first-order chi connectivity index (χ1) is 18.3. The molecule has 1 aliphatic rings. The zero-order valence-electron chi connectivity index (χ0n) is 20.8. The highest BCUT2D eigenvalue weighted by atomic mass is 32.2. The summed E-state index contributed by atoms with van der Waals surface area (Å²) in [5.74, 6) is -0.378. The normalized spacial score (nSPS) is 16.5. The number of anilines is 2. The standard InChI is InChI=1S/C24H27FN6O4S3/c1-15-22(38(33,34)26-9-3-12-35-2)36-23(27-15)31-11-4-10-30(24(31)32)18-7-5-16(6-8-18)19-13-17(25)14-20-21(19)29-37-28-20/h5-8,13-14,24,26,32H,3-4,9-12H2,1-2H3. The molecule has 1 atom stereocenters. The Morgan fingerprint density at radius 3 is 2.71 bits per heavy atom. The van der Waals surface area contributed by atoms with Crippen LogP contribution >= 0.6 is 23.1 Å². The van der Waals surface area contributed by atoms with Crippen LogP contribution < -0.4 is 14.5 Å². The molecule has 202 valence electrons. The molecule has 1 fully saturated rings. The third-order valence-electron chi connectivity index (χ3n) is 6.24. The minimum absolute atomic E-state index is 0.136. The molecule has 2 aromatic heterocycles. The summed E-state index contributed by atoms with van der Waals surface area (Å²) in [6, 6.07) is 10.3. The number of benzene rings is 2. The summed E-state index contributed by atoms with van der Waals surface area (Å²) in [6.45, 7) is 3.51. The number of aryl methyl sites for hydroxylation is 1. The Bertz CT molecular complexity index is 1530. The molecule has 0 amide bonds. The molecule has 0 spiro atoms. The summed E-state index contributed by atoms with van der Waals surface area (Å²) >= 11 is 2.08. The van der Waals surface area contributed by atoms with E-state index in [9.17, 15) is 17.9 Å². The van der Waals surface area contributed by atoms with E-state index < -0.39 is 16.4 Å². The zero-order valence-corrected chi connectivity index (χ0v) is 23.2. The summed E-state index contributed by atoms with van der Waals surface area (Å²) in [5, 5.41) is 11.7. The van der Waals surface area contributed by atoms with Gasteiger partial charge in [0.1, 0.15) is 16.9 Å². The lowest BCUT2D eigenvalue weighted by molar-refractivity contribution is 0.149. The van der Waals surface area contributed by atoms with Gasteiger partial charge in [-0.3, -0.25) is 0 Å². The molecule has 2 aromatic carbocycles. The van der Waals surface area contributed by atoms with Gasteiger partial charge in [0.05, 0.1) is 17.4 Å². The number of fused-ring (bicyclic) bond motifs is 1. The minimum atomic E-state index is -3.73. The lowest BCUT2D eigenvalue weighted by Crippen LogP contribution is -2.54. The van der Waals surface area contributed by atoms with Crippen LogP contribution in [0, 0.1) is 12.7 Å². The first-order valence-electron chi connectivity index (χ1n) is 12.0. The van der Waals surface area contributed by atoms with Gasteiger partial charge in [0.25, 0.3) is 10.0 Å². The van der Waals surface area contributed by atoms with Crippen molar-refractivity contribution in [1.82, 2.24) is 18.5 Å². The Morgan fingerprint density at radius 1 is 1.18 bits per heavy atom. The number of nitrogens with one attached hydrogen (secondary N) is 1. The number of hydrogen-bond donors (Lipinski definition) is 2. The number of rotatable bonds is 9. The van der Waals surface area contributed by atoms with Crippen molar-refractivity contribution in [2.24, 2.45) is 0 Å². The van der Waals surface area contributed by atoms with Crippen molar-refractivity contribution in [2.75, 3.05) is 43.2 Å². The van der Waals surface area contributed by atoms with Gasteiger partial charge < -0.3 is 19.6 Å². The van der Waals surface area contributed by atoms with Crippen molar-refractivity contribution in [2.45, 2.75) is 30.3 Å².